The van der Waals surface area contributed by atoms with Crippen LogP contribution in [0.15, 0.2) is 97.2 Å². The van der Waals surface area contributed by atoms with Crippen LogP contribution in [0.3, 0.4) is 0 Å². The van der Waals surface area contributed by atoms with Gasteiger partial charge in [0, 0.05) is 19.4 Å². The molecule has 10 heteroatoms. The molecule has 0 saturated carbocycles. The largest absolute Gasteiger partial charge is 0.472 e. The second-order valence-electron chi connectivity index (χ2n) is 24.4. The molecule has 0 radical (unpaired) electrons. The molecule has 9 nitrogen and oxygen atoms in total. The highest BCUT2D eigenvalue weighted by Crippen LogP contribution is 2.43. The van der Waals surface area contributed by atoms with Gasteiger partial charge in [-0.2, -0.15) is 0 Å². The predicted octanol–water partition coefficient (Wildman–Crippen LogP) is 24.3. The fourth-order valence-corrected chi connectivity index (χ4v) is 11.4. The molecule has 0 saturated heterocycles. The number of phosphoric ester groups is 1. The lowest BCUT2D eigenvalue weighted by molar-refractivity contribution is -0.161. The van der Waals surface area contributed by atoms with Crippen LogP contribution in [0.2, 0.25) is 0 Å². The number of carbonyl (C=O) groups excluding carboxylic acids is 2. The van der Waals surface area contributed by atoms with E-state index in [4.69, 9.17) is 24.3 Å². The summed E-state index contributed by atoms with van der Waals surface area (Å²) in [6.07, 6.45) is 98.1. The van der Waals surface area contributed by atoms with Crippen LogP contribution >= 0.6 is 7.82 Å². The summed E-state index contributed by atoms with van der Waals surface area (Å²) in [5.41, 5.74) is 5.41. The van der Waals surface area contributed by atoms with Crippen molar-refractivity contribution in [2.45, 2.75) is 354 Å². The van der Waals surface area contributed by atoms with Gasteiger partial charge in [-0.1, -0.05) is 342 Å². The standard InChI is InChI=1S/C77H138NO8P/c1-3-5-7-9-11-13-15-17-19-21-23-25-27-29-31-33-35-36-37-38-40-42-44-46-48-50-52-54-56-58-60-62-64-66-68-70-77(80)86-75(74-85-87(81,82)84-72-71-78)73-83-76(79)69-67-65-63-61-59-57-55-53-51-49-47-45-43-41-39-34-32-30-28-26-24-22-20-18-16-14-12-10-8-6-4-2/h5-8,11-14,17-20,23-26,75H,3-4,9-10,15-16,21-22,27-74,78H2,1-2H3,(H,81,82)/b7-5-,8-6-,13-11-,14-12-,19-17-,20-18-,25-23-,26-24-. The molecular weight excluding hydrogens is 1100 g/mol. The van der Waals surface area contributed by atoms with Crippen LogP contribution in [-0.2, 0) is 32.7 Å². The number of nitrogens with two attached hydrogens (primary N) is 1. The van der Waals surface area contributed by atoms with Crippen LogP contribution in [0.4, 0.5) is 0 Å². The van der Waals surface area contributed by atoms with E-state index in [1.54, 1.807) is 0 Å². The van der Waals surface area contributed by atoms with Gasteiger partial charge >= 0.3 is 19.8 Å². The molecule has 0 rings (SSSR count). The quantitative estimate of drug-likeness (QED) is 0.0264. The molecule has 0 amide bonds. The van der Waals surface area contributed by atoms with Gasteiger partial charge in [-0.05, 0) is 89.9 Å². The maximum Gasteiger partial charge on any atom is 0.472 e. The van der Waals surface area contributed by atoms with Crippen molar-refractivity contribution in [3.05, 3.63) is 97.2 Å². The number of ether oxygens (including phenoxy) is 2. The van der Waals surface area contributed by atoms with E-state index in [1.807, 2.05) is 0 Å². The average Bonchev–Trinajstić information content (AvgIpc) is 3.64. The monoisotopic (exact) mass is 1240 g/mol. The van der Waals surface area contributed by atoms with Crippen molar-refractivity contribution in [2.75, 3.05) is 26.4 Å². The molecule has 0 aromatic heterocycles. The van der Waals surface area contributed by atoms with Crippen LogP contribution in [0.25, 0.3) is 0 Å². The number of allylic oxidation sites excluding steroid dienone is 16. The van der Waals surface area contributed by atoms with E-state index in [2.05, 4.69) is 111 Å². The number of hydrogen-bond donors (Lipinski definition) is 2. The minimum Gasteiger partial charge on any atom is -0.462 e. The molecule has 504 valence electrons. The highest BCUT2D eigenvalue weighted by Gasteiger charge is 2.26. The van der Waals surface area contributed by atoms with Crippen molar-refractivity contribution >= 4 is 19.8 Å². The van der Waals surface area contributed by atoms with Gasteiger partial charge in [0.25, 0.3) is 0 Å². The Labute approximate surface area is 537 Å². The van der Waals surface area contributed by atoms with Crippen molar-refractivity contribution in [1.29, 1.82) is 0 Å². The normalized spacial score (nSPS) is 13.5. The van der Waals surface area contributed by atoms with Gasteiger partial charge < -0.3 is 20.1 Å². The Morgan fingerprint density at radius 2 is 0.598 bits per heavy atom. The zero-order valence-electron chi connectivity index (χ0n) is 56.7. The molecule has 2 atom stereocenters. The minimum absolute atomic E-state index is 0.0531. The minimum atomic E-state index is -4.40. The smallest absolute Gasteiger partial charge is 0.462 e. The number of carbonyl (C=O) groups is 2. The molecule has 0 aliphatic heterocycles. The predicted molar refractivity (Wildman–Crippen MR) is 376 cm³/mol. The maximum atomic E-state index is 12.8. The summed E-state index contributed by atoms with van der Waals surface area (Å²) in [5.74, 6) is -0.812. The molecule has 0 aliphatic carbocycles. The highest BCUT2D eigenvalue weighted by atomic mass is 31.2. The molecule has 3 N–H and O–H groups in total. The summed E-state index contributed by atoms with van der Waals surface area (Å²) < 4.78 is 33.2. The van der Waals surface area contributed by atoms with Crippen LogP contribution in [-0.4, -0.2) is 49.3 Å². The molecule has 2 unspecified atom stereocenters. The summed E-state index contributed by atoms with van der Waals surface area (Å²) in [4.78, 5) is 35.4. The van der Waals surface area contributed by atoms with Crippen molar-refractivity contribution in [3.63, 3.8) is 0 Å². The Morgan fingerprint density at radius 1 is 0.345 bits per heavy atom. The number of hydrogen-bond acceptors (Lipinski definition) is 8. The van der Waals surface area contributed by atoms with Gasteiger partial charge in [0.1, 0.15) is 6.61 Å². The Kier molecular flexibility index (Phi) is 69.5. The first-order chi connectivity index (χ1) is 42.8. The van der Waals surface area contributed by atoms with Crippen molar-refractivity contribution in [2.24, 2.45) is 5.73 Å². The third-order valence-electron chi connectivity index (χ3n) is 16.0. The van der Waals surface area contributed by atoms with Gasteiger partial charge in [-0.3, -0.25) is 18.6 Å². The molecule has 87 heavy (non-hydrogen) atoms. The zero-order chi connectivity index (χ0) is 63.0. The van der Waals surface area contributed by atoms with E-state index >= 15 is 0 Å². The molecule has 0 fully saturated rings. The zero-order valence-corrected chi connectivity index (χ0v) is 57.6. The van der Waals surface area contributed by atoms with Crippen LogP contribution in [0.5, 0.6) is 0 Å². The van der Waals surface area contributed by atoms with E-state index in [0.717, 1.165) is 83.5 Å². The topological polar surface area (TPSA) is 134 Å². The van der Waals surface area contributed by atoms with E-state index in [0.29, 0.717) is 6.42 Å². The summed E-state index contributed by atoms with van der Waals surface area (Å²) in [6, 6.07) is 0. The lowest BCUT2D eigenvalue weighted by Crippen LogP contribution is -2.29. The van der Waals surface area contributed by atoms with Gasteiger partial charge in [0.2, 0.25) is 0 Å². The molecule has 0 bridgehead atoms. The Balaban J connectivity index is 3.81. The second kappa shape index (κ2) is 72.0. The van der Waals surface area contributed by atoms with Crippen molar-refractivity contribution in [1.82, 2.24) is 0 Å². The third-order valence-corrected chi connectivity index (χ3v) is 16.9. The van der Waals surface area contributed by atoms with Crippen molar-refractivity contribution in [3.8, 4) is 0 Å². The first-order valence-corrected chi connectivity index (χ1v) is 38.2. The molecule has 0 aromatic rings. The van der Waals surface area contributed by atoms with Crippen LogP contribution < -0.4 is 5.73 Å². The molecule has 0 aromatic carbocycles. The Bertz CT molecular complexity index is 1750. The summed E-state index contributed by atoms with van der Waals surface area (Å²) in [5, 5.41) is 0. The maximum absolute atomic E-state index is 12.8. The van der Waals surface area contributed by atoms with Gasteiger partial charge in [-0.15, -0.1) is 0 Å². The first-order valence-electron chi connectivity index (χ1n) is 36.7. The molecule has 0 spiro atoms. The average molecular weight is 1240 g/mol. The highest BCUT2D eigenvalue weighted by molar-refractivity contribution is 7.47. The Morgan fingerprint density at radius 3 is 0.885 bits per heavy atom. The van der Waals surface area contributed by atoms with Gasteiger partial charge in [-0.25, -0.2) is 4.57 Å². The van der Waals surface area contributed by atoms with E-state index in [1.165, 1.54) is 231 Å². The lowest BCUT2D eigenvalue weighted by atomic mass is 10.0. The SMILES string of the molecule is CC/C=C\C/C=C\C/C=C\C/C=C\CCCCCCCCCCCCCCCCCCCCCCCCC(=O)OC(COC(=O)CCCCCCCCCCCCCCCCCCCC/C=C\C/C=C\C/C=C\C/C=C\CC)COP(=O)(O)OCCN. The second-order valence-corrected chi connectivity index (χ2v) is 25.9. The molecular formula is C77H138NO8P. The fourth-order valence-electron chi connectivity index (χ4n) is 10.6. The van der Waals surface area contributed by atoms with Gasteiger partial charge in [0.15, 0.2) is 6.10 Å². The van der Waals surface area contributed by atoms with E-state index < -0.39 is 26.5 Å². The number of phosphoric acid groups is 1. The van der Waals surface area contributed by atoms with E-state index in [9.17, 15) is 19.0 Å². The number of rotatable bonds is 69. The molecule has 0 heterocycles. The third kappa shape index (κ3) is 71.9. The fraction of sp³-hybridized carbons (Fsp3) is 0.766. The van der Waals surface area contributed by atoms with Crippen LogP contribution in [0.1, 0.15) is 348 Å². The van der Waals surface area contributed by atoms with Gasteiger partial charge in [0.05, 0.1) is 13.2 Å². The van der Waals surface area contributed by atoms with E-state index in [-0.39, 0.29) is 38.6 Å². The molecule has 0 aliphatic rings. The number of unbranched alkanes of at least 4 members (excludes halogenated alkanes) is 40. The first kappa shape index (κ1) is 83.9. The summed E-state index contributed by atoms with van der Waals surface area (Å²) in [7, 11) is -4.40. The number of esters is 2. The van der Waals surface area contributed by atoms with Crippen LogP contribution in [0, 0.1) is 0 Å². The van der Waals surface area contributed by atoms with Crippen molar-refractivity contribution < 1.29 is 37.6 Å². The summed E-state index contributed by atoms with van der Waals surface area (Å²) in [6.45, 7) is 3.57. The Hall–Kier alpha value is -3.07. The lowest BCUT2D eigenvalue weighted by Gasteiger charge is -2.19. The summed E-state index contributed by atoms with van der Waals surface area (Å²) >= 11 is 0.